The van der Waals surface area contributed by atoms with E-state index in [-0.39, 0.29) is 11.6 Å². The fourth-order valence-corrected chi connectivity index (χ4v) is 3.65. The second-order valence-electron chi connectivity index (χ2n) is 6.06. The van der Waals surface area contributed by atoms with Gasteiger partial charge >= 0.3 is 0 Å². The van der Waals surface area contributed by atoms with Gasteiger partial charge in [0.05, 0.1) is 0 Å². The molecule has 1 N–H and O–H groups in total. The topological polar surface area (TPSA) is 20.2 Å². The number of benzene rings is 2. The van der Waals surface area contributed by atoms with E-state index >= 15 is 0 Å². The van der Waals surface area contributed by atoms with Gasteiger partial charge in [0.2, 0.25) is 0 Å². The predicted molar refractivity (Wildman–Crippen MR) is 87.5 cm³/mol. The second-order valence-corrected chi connectivity index (χ2v) is 6.06. The molecule has 2 heteroatoms. The van der Waals surface area contributed by atoms with Gasteiger partial charge in [0, 0.05) is 11.0 Å². The molecule has 1 aliphatic rings. The molecule has 0 spiro atoms. The standard InChI is InChI=1S/C20H21FO/c1-15-7-3-2-6-14-20(15,16-10-12-17(22)13-11-16)18-8-4-5-9-19(18)21/h4-5,7-13,22H,2-3,6,14H2,1H3. The van der Waals surface area contributed by atoms with E-state index in [2.05, 4.69) is 13.0 Å². The molecule has 2 aromatic rings. The van der Waals surface area contributed by atoms with Crippen LogP contribution in [0.5, 0.6) is 5.75 Å². The molecule has 1 unspecified atom stereocenters. The molecule has 0 aromatic heterocycles. The van der Waals surface area contributed by atoms with E-state index in [1.54, 1.807) is 18.2 Å². The third-order valence-electron chi connectivity index (χ3n) is 4.82. The normalized spacial score (nSPS) is 22.0. The van der Waals surface area contributed by atoms with Gasteiger partial charge in [-0.3, -0.25) is 0 Å². The van der Waals surface area contributed by atoms with Crippen molar-refractivity contribution in [1.82, 2.24) is 0 Å². The van der Waals surface area contributed by atoms with Crippen LogP contribution >= 0.6 is 0 Å². The van der Waals surface area contributed by atoms with Crippen molar-refractivity contribution in [1.29, 1.82) is 0 Å². The highest BCUT2D eigenvalue weighted by Gasteiger charge is 2.38. The van der Waals surface area contributed by atoms with E-state index in [4.69, 9.17) is 0 Å². The summed E-state index contributed by atoms with van der Waals surface area (Å²) in [5.74, 6) is 0.0768. The molecule has 0 aliphatic heterocycles. The zero-order valence-electron chi connectivity index (χ0n) is 12.8. The Hall–Kier alpha value is -2.09. The second kappa shape index (κ2) is 5.96. The lowest BCUT2D eigenvalue weighted by Crippen LogP contribution is -2.30. The first-order valence-electron chi connectivity index (χ1n) is 7.86. The molecule has 1 atom stereocenters. The van der Waals surface area contributed by atoms with Crippen molar-refractivity contribution >= 4 is 0 Å². The molecular formula is C20H21FO. The van der Waals surface area contributed by atoms with Gasteiger partial charge in [-0.15, -0.1) is 0 Å². The fraction of sp³-hybridized carbons (Fsp3) is 0.300. The Labute approximate surface area is 131 Å². The van der Waals surface area contributed by atoms with Crippen molar-refractivity contribution in [3.05, 3.63) is 77.1 Å². The Morgan fingerprint density at radius 1 is 1.00 bits per heavy atom. The molecule has 2 aromatic carbocycles. The molecule has 1 nitrogen and oxygen atoms in total. The van der Waals surface area contributed by atoms with Crippen LogP contribution in [0.1, 0.15) is 43.7 Å². The number of halogens is 1. The van der Waals surface area contributed by atoms with Crippen LogP contribution in [0.15, 0.2) is 60.2 Å². The van der Waals surface area contributed by atoms with Crippen LogP contribution in [0.3, 0.4) is 0 Å². The van der Waals surface area contributed by atoms with E-state index in [0.717, 1.165) is 36.8 Å². The molecule has 114 valence electrons. The summed E-state index contributed by atoms with van der Waals surface area (Å²) in [6, 6.07) is 14.3. The highest BCUT2D eigenvalue weighted by atomic mass is 19.1. The molecule has 0 bridgehead atoms. The fourth-order valence-electron chi connectivity index (χ4n) is 3.65. The number of hydrogen-bond acceptors (Lipinski definition) is 1. The van der Waals surface area contributed by atoms with Gasteiger partial charge in [0.1, 0.15) is 11.6 Å². The summed E-state index contributed by atoms with van der Waals surface area (Å²) in [6.45, 7) is 2.10. The summed E-state index contributed by atoms with van der Waals surface area (Å²) >= 11 is 0. The predicted octanol–water partition coefficient (Wildman–Crippen LogP) is 5.34. The Bertz CT molecular complexity index is 687. The zero-order chi connectivity index (χ0) is 15.6. The van der Waals surface area contributed by atoms with Gasteiger partial charge in [0.15, 0.2) is 0 Å². The Morgan fingerprint density at radius 2 is 1.73 bits per heavy atom. The average Bonchev–Trinajstić information content (AvgIpc) is 2.71. The lowest BCUT2D eigenvalue weighted by atomic mass is 9.67. The SMILES string of the molecule is CC1=CCCCCC1(c1ccc(O)cc1)c1ccccc1F. The molecule has 0 fully saturated rings. The smallest absolute Gasteiger partial charge is 0.127 e. The van der Waals surface area contributed by atoms with Gasteiger partial charge in [-0.2, -0.15) is 0 Å². The Morgan fingerprint density at radius 3 is 2.45 bits per heavy atom. The van der Waals surface area contributed by atoms with Crippen LogP contribution < -0.4 is 0 Å². The molecule has 1 aliphatic carbocycles. The molecule has 22 heavy (non-hydrogen) atoms. The maximum absolute atomic E-state index is 14.6. The van der Waals surface area contributed by atoms with Crippen molar-refractivity contribution in [2.45, 2.75) is 38.0 Å². The van der Waals surface area contributed by atoms with Gasteiger partial charge in [0.25, 0.3) is 0 Å². The zero-order valence-corrected chi connectivity index (χ0v) is 12.8. The third kappa shape index (κ3) is 2.43. The minimum Gasteiger partial charge on any atom is -0.508 e. The largest absolute Gasteiger partial charge is 0.508 e. The van der Waals surface area contributed by atoms with Crippen molar-refractivity contribution in [2.75, 3.05) is 0 Å². The number of hydrogen-bond donors (Lipinski definition) is 1. The van der Waals surface area contributed by atoms with E-state index in [0.29, 0.717) is 0 Å². The summed E-state index contributed by atoms with van der Waals surface area (Å²) in [5.41, 5.74) is 2.54. The minimum absolute atomic E-state index is 0.162. The number of phenols is 1. The van der Waals surface area contributed by atoms with Gasteiger partial charge in [-0.1, -0.05) is 48.4 Å². The maximum atomic E-state index is 14.6. The summed E-state index contributed by atoms with van der Waals surface area (Å²) in [7, 11) is 0. The van der Waals surface area contributed by atoms with Crippen LogP contribution in [0, 0.1) is 5.82 Å². The molecule has 0 radical (unpaired) electrons. The van der Waals surface area contributed by atoms with Crippen LogP contribution in [0.25, 0.3) is 0 Å². The molecule has 3 rings (SSSR count). The number of allylic oxidation sites excluding steroid dienone is 2. The average molecular weight is 296 g/mol. The van der Waals surface area contributed by atoms with E-state index in [1.165, 1.54) is 11.6 Å². The molecule has 0 heterocycles. The van der Waals surface area contributed by atoms with Crippen molar-refractivity contribution < 1.29 is 9.50 Å². The van der Waals surface area contributed by atoms with Crippen LogP contribution in [0.4, 0.5) is 4.39 Å². The van der Waals surface area contributed by atoms with Gasteiger partial charge in [-0.25, -0.2) is 4.39 Å². The van der Waals surface area contributed by atoms with Crippen LogP contribution in [-0.4, -0.2) is 5.11 Å². The highest BCUT2D eigenvalue weighted by Crippen LogP contribution is 2.46. The first-order valence-corrected chi connectivity index (χ1v) is 7.86. The first kappa shape index (κ1) is 14.8. The summed E-state index contributed by atoms with van der Waals surface area (Å²) in [4.78, 5) is 0. The van der Waals surface area contributed by atoms with E-state index < -0.39 is 5.41 Å². The molecule has 0 amide bonds. The monoisotopic (exact) mass is 296 g/mol. The van der Waals surface area contributed by atoms with Crippen LogP contribution in [-0.2, 0) is 5.41 Å². The quantitative estimate of drug-likeness (QED) is 0.742. The lowest BCUT2D eigenvalue weighted by molar-refractivity contribution is 0.471. The highest BCUT2D eigenvalue weighted by molar-refractivity contribution is 5.50. The Kier molecular flexibility index (Phi) is 4.02. The summed E-state index contributed by atoms with van der Waals surface area (Å²) < 4.78 is 14.6. The summed E-state index contributed by atoms with van der Waals surface area (Å²) in [5, 5.41) is 9.60. The van der Waals surface area contributed by atoms with Crippen molar-refractivity contribution in [3.63, 3.8) is 0 Å². The third-order valence-corrected chi connectivity index (χ3v) is 4.82. The summed E-state index contributed by atoms with van der Waals surface area (Å²) in [6.07, 6.45) is 6.36. The maximum Gasteiger partial charge on any atom is 0.127 e. The van der Waals surface area contributed by atoms with Gasteiger partial charge in [-0.05, 0) is 49.9 Å². The molecule has 0 saturated heterocycles. The van der Waals surface area contributed by atoms with Crippen molar-refractivity contribution in [3.8, 4) is 5.75 Å². The lowest BCUT2D eigenvalue weighted by Gasteiger charge is -2.36. The number of rotatable bonds is 2. The molecular weight excluding hydrogens is 275 g/mol. The van der Waals surface area contributed by atoms with Crippen molar-refractivity contribution in [2.24, 2.45) is 0 Å². The van der Waals surface area contributed by atoms with Crippen LogP contribution in [0.2, 0.25) is 0 Å². The Balaban J connectivity index is 2.26. The van der Waals surface area contributed by atoms with E-state index in [9.17, 15) is 9.50 Å². The number of phenolic OH excluding ortho intramolecular Hbond substituents is 1. The molecule has 0 saturated carbocycles. The minimum atomic E-state index is -0.435. The van der Waals surface area contributed by atoms with E-state index in [1.807, 2.05) is 24.3 Å². The first-order chi connectivity index (χ1) is 10.6. The van der Waals surface area contributed by atoms with Gasteiger partial charge < -0.3 is 5.11 Å². The number of aromatic hydroxyl groups is 1.